The van der Waals surface area contributed by atoms with Crippen molar-refractivity contribution in [3.8, 4) is 0 Å². The second-order valence-electron chi connectivity index (χ2n) is 5.23. The summed E-state index contributed by atoms with van der Waals surface area (Å²) in [6.45, 7) is 1.52. The molecule has 0 aliphatic carbocycles. The highest BCUT2D eigenvalue weighted by Gasteiger charge is 2.30. The van der Waals surface area contributed by atoms with Crippen LogP contribution in [0.25, 0.3) is 0 Å². The molecule has 1 aromatic rings. The Kier molecular flexibility index (Phi) is 5.93. The number of thioether (sulfide) groups is 1. The number of hydrogen-bond acceptors (Lipinski definition) is 5. The fourth-order valence-electron chi connectivity index (χ4n) is 2.00. The number of esters is 1. The molecule has 1 heterocycles. The molecule has 25 heavy (non-hydrogen) atoms. The first-order valence-corrected chi connectivity index (χ1v) is 8.24. The molecule has 1 fully saturated rings. The molecule has 1 aromatic carbocycles. The van der Waals surface area contributed by atoms with Crippen LogP contribution in [0.15, 0.2) is 24.3 Å². The van der Waals surface area contributed by atoms with Crippen molar-refractivity contribution in [2.45, 2.75) is 19.2 Å². The van der Waals surface area contributed by atoms with Gasteiger partial charge in [0.25, 0.3) is 11.1 Å². The summed E-state index contributed by atoms with van der Waals surface area (Å²) in [6, 6.07) is 3.89. The van der Waals surface area contributed by atoms with Crippen LogP contribution >= 0.6 is 11.8 Å². The molecule has 2 amide bonds. The molecule has 0 saturated carbocycles. The van der Waals surface area contributed by atoms with Gasteiger partial charge in [-0.3, -0.25) is 14.4 Å². The molecule has 1 atom stereocenters. The van der Waals surface area contributed by atoms with Crippen LogP contribution in [0.1, 0.15) is 12.5 Å². The van der Waals surface area contributed by atoms with Crippen molar-refractivity contribution in [3.63, 3.8) is 0 Å². The van der Waals surface area contributed by atoms with E-state index in [-0.39, 0.29) is 17.5 Å². The van der Waals surface area contributed by atoms with E-state index in [0.29, 0.717) is 12.3 Å². The largest absolute Gasteiger partial charge is 0.451 e. The van der Waals surface area contributed by atoms with E-state index >= 15 is 0 Å². The van der Waals surface area contributed by atoms with Crippen LogP contribution in [0.5, 0.6) is 0 Å². The summed E-state index contributed by atoms with van der Waals surface area (Å²) in [5, 5.41) is 2.14. The van der Waals surface area contributed by atoms with Crippen molar-refractivity contribution in [2.75, 3.05) is 24.2 Å². The Balaban J connectivity index is 1.85. The van der Waals surface area contributed by atoms with Gasteiger partial charge in [-0.25, -0.2) is 0 Å². The Morgan fingerprint density at radius 2 is 1.96 bits per heavy atom. The average molecular weight is 376 g/mol. The second-order valence-corrected chi connectivity index (χ2v) is 6.28. The van der Waals surface area contributed by atoms with Crippen LogP contribution in [0, 0.1) is 0 Å². The zero-order valence-electron chi connectivity index (χ0n) is 13.1. The molecule has 1 aliphatic heterocycles. The van der Waals surface area contributed by atoms with Crippen LogP contribution in [0.3, 0.4) is 0 Å². The molecule has 0 radical (unpaired) electrons. The normalized spacial score (nSPS) is 15.8. The third kappa shape index (κ3) is 5.38. The fraction of sp³-hybridized carbons (Fsp3) is 0.400. The summed E-state index contributed by atoms with van der Waals surface area (Å²) < 4.78 is 42.4. The molecule has 0 unspecified atom stereocenters. The Labute approximate surface area is 145 Å². The van der Waals surface area contributed by atoms with Crippen LogP contribution in [0.4, 0.5) is 23.7 Å². The lowest BCUT2D eigenvalue weighted by Crippen LogP contribution is -2.36. The first kappa shape index (κ1) is 19.1. The molecule has 2 rings (SSSR count). The van der Waals surface area contributed by atoms with Crippen LogP contribution < -0.4 is 5.32 Å². The van der Waals surface area contributed by atoms with Gasteiger partial charge in [-0.05, 0) is 31.2 Å². The lowest BCUT2D eigenvalue weighted by Gasteiger charge is -2.17. The number of ether oxygens (including phenoxy) is 1. The average Bonchev–Trinajstić information content (AvgIpc) is 2.91. The van der Waals surface area contributed by atoms with Crippen molar-refractivity contribution < 1.29 is 32.3 Å². The molecular formula is C15H15F3N2O4S. The smallest absolute Gasteiger partial charge is 0.416 e. The van der Waals surface area contributed by atoms with Crippen LogP contribution in [-0.4, -0.2) is 47.0 Å². The van der Waals surface area contributed by atoms with E-state index in [4.69, 9.17) is 4.74 Å². The molecule has 1 saturated heterocycles. The van der Waals surface area contributed by atoms with Gasteiger partial charge in [-0.15, -0.1) is 0 Å². The molecule has 0 spiro atoms. The number of nitrogens with zero attached hydrogens (tertiary/aromatic N) is 1. The Morgan fingerprint density at radius 3 is 2.48 bits per heavy atom. The summed E-state index contributed by atoms with van der Waals surface area (Å²) in [5.41, 5.74) is -0.690. The maximum absolute atomic E-state index is 12.5. The monoisotopic (exact) mass is 376 g/mol. The van der Waals surface area contributed by atoms with Gasteiger partial charge in [-0.1, -0.05) is 11.8 Å². The predicted molar refractivity (Wildman–Crippen MR) is 85.1 cm³/mol. The van der Waals surface area contributed by atoms with Gasteiger partial charge in [0.1, 0.15) is 6.54 Å². The number of hydrogen-bond donors (Lipinski definition) is 1. The number of rotatable bonds is 5. The van der Waals surface area contributed by atoms with Crippen molar-refractivity contribution in [2.24, 2.45) is 0 Å². The minimum atomic E-state index is -4.46. The van der Waals surface area contributed by atoms with E-state index in [1.54, 1.807) is 0 Å². The summed E-state index contributed by atoms with van der Waals surface area (Å²) >= 11 is 1.10. The molecule has 1 N–H and O–H groups in total. The van der Waals surface area contributed by atoms with Gasteiger partial charge in [0.15, 0.2) is 6.10 Å². The molecular weight excluding hydrogens is 361 g/mol. The summed E-state index contributed by atoms with van der Waals surface area (Å²) in [7, 11) is 0. The quantitative estimate of drug-likeness (QED) is 0.800. The fourth-order valence-corrected chi connectivity index (χ4v) is 2.82. The number of anilines is 1. The second kappa shape index (κ2) is 7.77. The van der Waals surface area contributed by atoms with E-state index in [1.807, 2.05) is 0 Å². The van der Waals surface area contributed by atoms with E-state index in [1.165, 1.54) is 11.8 Å². The van der Waals surface area contributed by atoms with Gasteiger partial charge in [0.2, 0.25) is 0 Å². The van der Waals surface area contributed by atoms with Crippen molar-refractivity contribution in [1.82, 2.24) is 4.90 Å². The van der Waals surface area contributed by atoms with Gasteiger partial charge in [0, 0.05) is 18.0 Å². The van der Waals surface area contributed by atoms with Gasteiger partial charge in [0.05, 0.1) is 5.56 Å². The summed E-state index contributed by atoms with van der Waals surface area (Å²) in [6.07, 6.45) is -5.61. The number of carbonyl (C=O) groups is 3. The molecule has 136 valence electrons. The third-order valence-corrected chi connectivity index (χ3v) is 4.21. The molecule has 0 bridgehead atoms. The first-order chi connectivity index (χ1) is 11.7. The molecule has 6 nitrogen and oxygen atoms in total. The summed E-state index contributed by atoms with van der Waals surface area (Å²) in [4.78, 5) is 36.4. The maximum Gasteiger partial charge on any atom is 0.416 e. The highest BCUT2D eigenvalue weighted by molar-refractivity contribution is 8.13. The van der Waals surface area contributed by atoms with Crippen molar-refractivity contribution >= 4 is 34.6 Å². The van der Waals surface area contributed by atoms with E-state index < -0.39 is 29.7 Å². The van der Waals surface area contributed by atoms with Crippen LogP contribution in [-0.2, 0) is 20.5 Å². The van der Waals surface area contributed by atoms with E-state index in [9.17, 15) is 27.6 Å². The number of amides is 2. The predicted octanol–water partition coefficient (Wildman–Crippen LogP) is 2.74. The van der Waals surface area contributed by atoms with Crippen molar-refractivity contribution in [1.29, 1.82) is 0 Å². The number of benzene rings is 1. The Bertz CT molecular complexity index is 664. The Hall–Kier alpha value is -2.23. The number of alkyl halides is 3. The topological polar surface area (TPSA) is 75.7 Å². The number of nitrogens with one attached hydrogen (secondary N) is 1. The Morgan fingerprint density at radius 1 is 1.32 bits per heavy atom. The van der Waals surface area contributed by atoms with E-state index in [0.717, 1.165) is 36.0 Å². The minimum absolute atomic E-state index is 0.145. The highest BCUT2D eigenvalue weighted by Crippen LogP contribution is 2.29. The summed E-state index contributed by atoms with van der Waals surface area (Å²) in [5.74, 6) is -0.822. The standard InChI is InChI=1S/C15H15F3N2O4S/c1-9(24-12(21)8-20-6-7-25-14(20)23)13(22)19-11-4-2-10(3-5-11)15(16,17)18/h2-5,9H,6-8H2,1H3,(H,19,22)/t9-/m0/s1. The first-order valence-electron chi connectivity index (χ1n) is 7.26. The zero-order chi connectivity index (χ0) is 18.6. The molecule has 10 heteroatoms. The van der Waals surface area contributed by atoms with Crippen LogP contribution in [0.2, 0.25) is 0 Å². The molecule has 1 aliphatic rings. The zero-order valence-corrected chi connectivity index (χ0v) is 13.9. The lowest BCUT2D eigenvalue weighted by molar-refractivity contribution is -0.153. The van der Waals surface area contributed by atoms with Crippen molar-refractivity contribution in [3.05, 3.63) is 29.8 Å². The number of carbonyl (C=O) groups excluding carboxylic acids is 3. The van der Waals surface area contributed by atoms with E-state index in [2.05, 4.69) is 5.32 Å². The minimum Gasteiger partial charge on any atom is -0.451 e. The van der Waals surface area contributed by atoms with Gasteiger partial charge in [-0.2, -0.15) is 13.2 Å². The lowest BCUT2D eigenvalue weighted by atomic mass is 10.2. The van der Waals surface area contributed by atoms with Gasteiger partial charge >= 0.3 is 12.1 Å². The number of halogens is 3. The third-order valence-electron chi connectivity index (χ3n) is 3.32. The maximum atomic E-state index is 12.5. The SMILES string of the molecule is C[C@H](OC(=O)CN1CCSC1=O)C(=O)Nc1ccc(C(F)(F)F)cc1. The molecule has 0 aromatic heterocycles. The van der Waals surface area contributed by atoms with Gasteiger partial charge < -0.3 is 15.0 Å². The highest BCUT2D eigenvalue weighted by atomic mass is 32.2.